The summed E-state index contributed by atoms with van der Waals surface area (Å²) in [6.45, 7) is 5.68. The number of amides is 2. The summed E-state index contributed by atoms with van der Waals surface area (Å²) >= 11 is 0. The zero-order valence-electron chi connectivity index (χ0n) is 14.4. The van der Waals surface area contributed by atoms with Gasteiger partial charge in [-0.1, -0.05) is 13.8 Å². The SMILES string of the molecule is CC(=O)c1ccc(NC(=O)NC(CC(C)C)c2ncnn2C)cc1. The number of ketones is 1. The fourth-order valence-corrected chi connectivity index (χ4v) is 2.43. The quantitative estimate of drug-likeness (QED) is 0.798. The van der Waals surface area contributed by atoms with E-state index >= 15 is 0 Å². The highest BCUT2D eigenvalue weighted by Crippen LogP contribution is 2.19. The molecule has 24 heavy (non-hydrogen) atoms. The van der Waals surface area contributed by atoms with E-state index in [1.54, 1.807) is 36.0 Å². The van der Waals surface area contributed by atoms with Gasteiger partial charge >= 0.3 is 6.03 Å². The lowest BCUT2D eigenvalue weighted by atomic mass is 10.0. The number of carbonyl (C=O) groups excluding carboxylic acids is 2. The molecule has 128 valence electrons. The van der Waals surface area contributed by atoms with Gasteiger partial charge in [-0.15, -0.1) is 0 Å². The molecule has 7 heteroatoms. The van der Waals surface area contributed by atoms with Crippen LogP contribution in [0.4, 0.5) is 10.5 Å². The molecule has 1 aromatic carbocycles. The lowest BCUT2D eigenvalue weighted by Crippen LogP contribution is -2.34. The van der Waals surface area contributed by atoms with E-state index < -0.39 is 0 Å². The number of nitrogens with one attached hydrogen (secondary N) is 2. The first-order valence-corrected chi connectivity index (χ1v) is 7.89. The van der Waals surface area contributed by atoms with Crippen LogP contribution in [0.25, 0.3) is 0 Å². The maximum atomic E-state index is 12.3. The Morgan fingerprint density at radius 3 is 2.38 bits per heavy atom. The zero-order valence-corrected chi connectivity index (χ0v) is 14.4. The van der Waals surface area contributed by atoms with E-state index in [4.69, 9.17) is 0 Å². The Hall–Kier alpha value is -2.70. The molecule has 0 fully saturated rings. The number of nitrogens with zero attached hydrogens (tertiary/aromatic N) is 3. The van der Waals surface area contributed by atoms with Crippen molar-refractivity contribution in [1.29, 1.82) is 0 Å². The van der Waals surface area contributed by atoms with Gasteiger partial charge in [0, 0.05) is 18.3 Å². The number of hydrogen-bond donors (Lipinski definition) is 2. The fraction of sp³-hybridized carbons (Fsp3) is 0.412. The number of Topliss-reactive ketones (excluding diaryl/α,β-unsaturated/α-hetero) is 1. The molecule has 2 aromatic rings. The van der Waals surface area contributed by atoms with Gasteiger partial charge in [-0.3, -0.25) is 9.48 Å². The van der Waals surface area contributed by atoms with Gasteiger partial charge in [0.2, 0.25) is 0 Å². The molecule has 0 saturated carbocycles. The summed E-state index contributed by atoms with van der Waals surface area (Å²) in [5.41, 5.74) is 1.23. The molecule has 2 rings (SSSR count). The van der Waals surface area contributed by atoms with E-state index in [1.165, 1.54) is 13.3 Å². The summed E-state index contributed by atoms with van der Waals surface area (Å²) in [4.78, 5) is 27.8. The molecule has 0 aliphatic rings. The monoisotopic (exact) mass is 329 g/mol. The second-order valence-electron chi connectivity index (χ2n) is 6.16. The van der Waals surface area contributed by atoms with E-state index in [-0.39, 0.29) is 17.9 Å². The van der Waals surface area contributed by atoms with Crippen molar-refractivity contribution in [3.63, 3.8) is 0 Å². The van der Waals surface area contributed by atoms with Gasteiger partial charge in [-0.2, -0.15) is 5.10 Å². The standard InChI is InChI=1S/C17H23N5O2/c1-11(2)9-15(16-18-10-19-22(16)4)21-17(24)20-14-7-5-13(6-8-14)12(3)23/h5-8,10-11,15H,9H2,1-4H3,(H2,20,21,24). The predicted molar refractivity (Wildman–Crippen MR) is 91.8 cm³/mol. The van der Waals surface area contributed by atoms with Crippen molar-refractivity contribution in [1.82, 2.24) is 20.1 Å². The second kappa shape index (κ2) is 7.72. The summed E-state index contributed by atoms with van der Waals surface area (Å²) in [6.07, 6.45) is 2.23. The molecule has 1 unspecified atom stereocenters. The van der Waals surface area contributed by atoms with Gasteiger partial charge in [0.1, 0.15) is 12.2 Å². The van der Waals surface area contributed by atoms with Crippen LogP contribution in [0.2, 0.25) is 0 Å². The van der Waals surface area contributed by atoms with Crippen molar-refractivity contribution in [3.8, 4) is 0 Å². The van der Waals surface area contributed by atoms with Crippen LogP contribution in [0.3, 0.4) is 0 Å². The number of urea groups is 1. The first kappa shape index (κ1) is 17.7. The molecule has 1 atom stereocenters. The Labute approximate surface area is 141 Å². The average Bonchev–Trinajstić information content (AvgIpc) is 2.92. The molecule has 0 aliphatic heterocycles. The van der Waals surface area contributed by atoms with Crippen LogP contribution in [-0.4, -0.2) is 26.6 Å². The Kier molecular flexibility index (Phi) is 5.68. The second-order valence-corrected chi connectivity index (χ2v) is 6.16. The molecule has 0 saturated heterocycles. The lowest BCUT2D eigenvalue weighted by molar-refractivity contribution is 0.101. The number of rotatable bonds is 6. The summed E-state index contributed by atoms with van der Waals surface area (Å²) < 4.78 is 1.66. The number of carbonyl (C=O) groups is 2. The van der Waals surface area contributed by atoms with Crippen LogP contribution < -0.4 is 10.6 Å². The lowest BCUT2D eigenvalue weighted by Gasteiger charge is -2.20. The first-order chi connectivity index (χ1) is 11.4. The molecule has 0 radical (unpaired) electrons. The number of anilines is 1. The Morgan fingerprint density at radius 1 is 1.21 bits per heavy atom. The predicted octanol–water partition coefficient (Wildman–Crippen LogP) is 2.93. The molecule has 0 bridgehead atoms. The van der Waals surface area contributed by atoms with Gasteiger partial charge in [0.15, 0.2) is 5.78 Å². The van der Waals surface area contributed by atoms with E-state index in [9.17, 15) is 9.59 Å². The van der Waals surface area contributed by atoms with Crippen LogP contribution in [0.5, 0.6) is 0 Å². The van der Waals surface area contributed by atoms with Crippen LogP contribution in [-0.2, 0) is 7.05 Å². The van der Waals surface area contributed by atoms with Crippen molar-refractivity contribution >= 4 is 17.5 Å². The summed E-state index contributed by atoms with van der Waals surface area (Å²) in [5.74, 6) is 1.10. The minimum absolute atomic E-state index is 0.00900. The van der Waals surface area contributed by atoms with E-state index in [2.05, 4.69) is 34.6 Å². The molecule has 0 aliphatic carbocycles. The van der Waals surface area contributed by atoms with Crippen molar-refractivity contribution in [2.45, 2.75) is 33.2 Å². The molecule has 2 amide bonds. The highest BCUT2D eigenvalue weighted by Gasteiger charge is 2.20. The average molecular weight is 329 g/mol. The molecular formula is C17H23N5O2. The van der Waals surface area contributed by atoms with Crippen LogP contribution in [0.1, 0.15) is 49.4 Å². The zero-order chi connectivity index (χ0) is 17.7. The van der Waals surface area contributed by atoms with E-state index in [0.29, 0.717) is 23.0 Å². The molecule has 0 spiro atoms. The van der Waals surface area contributed by atoms with Gasteiger partial charge in [0.05, 0.1) is 6.04 Å². The number of aryl methyl sites for hydroxylation is 1. The third-order valence-electron chi connectivity index (χ3n) is 3.62. The third-order valence-corrected chi connectivity index (χ3v) is 3.62. The maximum Gasteiger partial charge on any atom is 0.319 e. The molecule has 7 nitrogen and oxygen atoms in total. The minimum Gasteiger partial charge on any atom is -0.328 e. The van der Waals surface area contributed by atoms with Crippen molar-refractivity contribution in [3.05, 3.63) is 42.0 Å². The number of hydrogen-bond acceptors (Lipinski definition) is 4. The molecular weight excluding hydrogens is 306 g/mol. The Bertz CT molecular complexity index is 706. The maximum absolute atomic E-state index is 12.3. The van der Waals surface area contributed by atoms with Gasteiger partial charge in [-0.05, 0) is 43.5 Å². The topological polar surface area (TPSA) is 88.9 Å². The van der Waals surface area contributed by atoms with E-state index in [0.717, 1.165) is 6.42 Å². The van der Waals surface area contributed by atoms with Crippen LogP contribution >= 0.6 is 0 Å². The van der Waals surface area contributed by atoms with E-state index in [1.807, 2.05) is 0 Å². The van der Waals surface area contributed by atoms with Gasteiger partial charge < -0.3 is 10.6 Å². The summed E-state index contributed by atoms with van der Waals surface area (Å²) in [7, 11) is 1.80. The molecule has 1 aromatic heterocycles. The largest absolute Gasteiger partial charge is 0.328 e. The molecule has 2 N–H and O–H groups in total. The normalized spacial score (nSPS) is 12.0. The van der Waals surface area contributed by atoms with Crippen LogP contribution in [0, 0.1) is 5.92 Å². The van der Waals surface area contributed by atoms with Crippen LogP contribution in [0.15, 0.2) is 30.6 Å². The van der Waals surface area contributed by atoms with Crippen molar-refractivity contribution < 1.29 is 9.59 Å². The first-order valence-electron chi connectivity index (χ1n) is 7.89. The smallest absolute Gasteiger partial charge is 0.319 e. The fourth-order valence-electron chi connectivity index (χ4n) is 2.43. The summed E-state index contributed by atoms with van der Waals surface area (Å²) in [6, 6.07) is 6.23. The Balaban J connectivity index is 2.04. The Morgan fingerprint density at radius 2 is 1.88 bits per heavy atom. The van der Waals surface area contributed by atoms with Gasteiger partial charge in [0.25, 0.3) is 0 Å². The van der Waals surface area contributed by atoms with Gasteiger partial charge in [-0.25, -0.2) is 9.78 Å². The third kappa shape index (κ3) is 4.65. The molecule has 1 heterocycles. The highest BCUT2D eigenvalue weighted by molar-refractivity contribution is 5.95. The highest BCUT2D eigenvalue weighted by atomic mass is 16.2. The number of benzene rings is 1. The summed E-state index contributed by atoms with van der Waals surface area (Å²) in [5, 5.41) is 9.78. The van der Waals surface area contributed by atoms with Crippen molar-refractivity contribution in [2.75, 3.05) is 5.32 Å². The number of aromatic nitrogens is 3. The minimum atomic E-state index is -0.320. The van der Waals surface area contributed by atoms with Crippen molar-refractivity contribution in [2.24, 2.45) is 13.0 Å².